The van der Waals surface area contributed by atoms with E-state index in [1.807, 2.05) is 22.9 Å². The largest absolute Gasteiger partial charge is 0.366 e. The molecule has 5 nitrogen and oxygen atoms in total. The summed E-state index contributed by atoms with van der Waals surface area (Å²) in [5.41, 5.74) is 5.39. The summed E-state index contributed by atoms with van der Waals surface area (Å²) in [7, 11) is 0. The second-order valence-electron chi connectivity index (χ2n) is 2.80. The van der Waals surface area contributed by atoms with Crippen molar-refractivity contribution in [2.75, 3.05) is 3.11 Å². The Balaban J connectivity index is 2.89. The van der Waals surface area contributed by atoms with Crippen molar-refractivity contribution in [1.82, 2.24) is 4.98 Å². The molecule has 0 saturated carbocycles. The number of primary amides is 1. The molecule has 1 aromatic heterocycles. The maximum absolute atomic E-state index is 11.3. The zero-order valence-electron chi connectivity index (χ0n) is 8.11. The fourth-order valence-electron chi connectivity index (χ4n) is 0.915. The highest BCUT2D eigenvalue weighted by molar-refractivity contribution is 14.1. The van der Waals surface area contributed by atoms with Crippen molar-refractivity contribution >= 4 is 40.5 Å². The SMILES string of the molecule is CCC(=O)N(I)c1ccc(C(N)=O)cn1. The molecule has 0 atom stereocenters. The van der Waals surface area contributed by atoms with E-state index in [9.17, 15) is 9.59 Å². The van der Waals surface area contributed by atoms with Crippen LogP contribution in [0.15, 0.2) is 18.3 Å². The molecule has 1 heterocycles. The second kappa shape index (κ2) is 5.06. The van der Waals surface area contributed by atoms with Crippen molar-refractivity contribution in [2.45, 2.75) is 13.3 Å². The van der Waals surface area contributed by atoms with Crippen LogP contribution in [0.5, 0.6) is 0 Å². The summed E-state index contributed by atoms with van der Waals surface area (Å²) in [5.74, 6) is -0.0850. The quantitative estimate of drug-likeness (QED) is 0.673. The molecule has 2 N–H and O–H groups in total. The first-order valence-corrected chi connectivity index (χ1v) is 5.27. The summed E-state index contributed by atoms with van der Waals surface area (Å²) in [6, 6.07) is 3.12. The monoisotopic (exact) mass is 319 g/mol. The lowest BCUT2D eigenvalue weighted by Crippen LogP contribution is -2.20. The smallest absolute Gasteiger partial charge is 0.250 e. The fraction of sp³-hybridized carbons (Fsp3) is 0.222. The molecule has 0 aliphatic heterocycles. The molecule has 0 unspecified atom stereocenters. The Hall–Kier alpha value is -1.18. The number of rotatable bonds is 3. The molecule has 0 aliphatic rings. The van der Waals surface area contributed by atoms with Gasteiger partial charge in [-0.3, -0.25) is 9.59 Å². The first kappa shape index (κ1) is 11.9. The van der Waals surface area contributed by atoms with E-state index >= 15 is 0 Å². The molecule has 2 amide bonds. The number of halogens is 1. The van der Waals surface area contributed by atoms with Gasteiger partial charge in [0.15, 0.2) is 0 Å². The number of nitrogens with two attached hydrogens (primary N) is 1. The molecular weight excluding hydrogens is 309 g/mol. The molecule has 0 bridgehead atoms. The van der Waals surface area contributed by atoms with E-state index < -0.39 is 5.91 Å². The van der Waals surface area contributed by atoms with Crippen molar-refractivity contribution in [3.8, 4) is 0 Å². The molecular formula is C9H10IN3O2. The standard InChI is InChI=1S/C9H10IN3O2/c1-2-8(14)13(10)7-4-3-6(5-12-7)9(11)15/h3-5H,2H2,1H3,(H2,11,15). The van der Waals surface area contributed by atoms with Crippen LogP contribution in [0.4, 0.5) is 5.82 Å². The first-order chi connectivity index (χ1) is 7.06. The van der Waals surface area contributed by atoms with Crippen molar-refractivity contribution in [3.05, 3.63) is 23.9 Å². The molecule has 0 aliphatic carbocycles. The third-order valence-electron chi connectivity index (χ3n) is 1.75. The highest BCUT2D eigenvalue weighted by Gasteiger charge is 2.11. The van der Waals surface area contributed by atoms with Crippen molar-refractivity contribution in [3.63, 3.8) is 0 Å². The van der Waals surface area contributed by atoms with Crippen LogP contribution in [-0.2, 0) is 4.79 Å². The van der Waals surface area contributed by atoms with Crippen LogP contribution in [-0.4, -0.2) is 16.8 Å². The van der Waals surface area contributed by atoms with Crippen LogP contribution in [0.2, 0.25) is 0 Å². The van der Waals surface area contributed by atoms with Crippen molar-refractivity contribution in [1.29, 1.82) is 0 Å². The first-order valence-electron chi connectivity index (χ1n) is 4.30. The highest BCUT2D eigenvalue weighted by atomic mass is 127. The van der Waals surface area contributed by atoms with Gasteiger partial charge in [-0.2, -0.15) is 0 Å². The lowest BCUT2D eigenvalue weighted by atomic mass is 10.3. The van der Waals surface area contributed by atoms with E-state index in [0.717, 1.165) is 0 Å². The van der Waals surface area contributed by atoms with E-state index in [1.54, 1.807) is 19.1 Å². The van der Waals surface area contributed by atoms with Crippen LogP contribution in [0.1, 0.15) is 23.7 Å². The molecule has 6 heteroatoms. The van der Waals surface area contributed by atoms with E-state index in [2.05, 4.69) is 4.98 Å². The molecule has 1 rings (SSSR count). The number of aromatic nitrogens is 1. The van der Waals surface area contributed by atoms with Gasteiger partial charge in [-0.15, -0.1) is 0 Å². The molecule has 0 saturated heterocycles. The molecule has 1 aromatic rings. The number of anilines is 1. The maximum Gasteiger partial charge on any atom is 0.250 e. The molecule has 15 heavy (non-hydrogen) atoms. The Morgan fingerprint density at radius 3 is 2.60 bits per heavy atom. The van der Waals surface area contributed by atoms with Gasteiger partial charge in [0.25, 0.3) is 0 Å². The van der Waals surface area contributed by atoms with Gasteiger partial charge in [0.05, 0.1) is 28.4 Å². The van der Waals surface area contributed by atoms with Crippen LogP contribution >= 0.6 is 22.9 Å². The summed E-state index contributed by atoms with van der Waals surface area (Å²) >= 11 is 1.87. The summed E-state index contributed by atoms with van der Waals surface area (Å²) in [4.78, 5) is 26.1. The van der Waals surface area contributed by atoms with Gasteiger partial charge in [-0.05, 0) is 12.1 Å². The van der Waals surface area contributed by atoms with Crippen molar-refractivity contribution < 1.29 is 9.59 Å². The zero-order valence-corrected chi connectivity index (χ0v) is 10.3. The molecule has 0 aromatic carbocycles. The van der Waals surface area contributed by atoms with Crippen LogP contribution in [0, 0.1) is 0 Å². The summed E-state index contributed by atoms with van der Waals surface area (Å²) in [6.45, 7) is 1.77. The molecule has 0 fully saturated rings. The summed E-state index contributed by atoms with van der Waals surface area (Å²) < 4.78 is 1.41. The van der Waals surface area contributed by atoms with Gasteiger partial charge in [0.1, 0.15) is 5.82 Å². The minimum Gasteiger partial charge on any atom is -0.366 e. The van der Waals surface area contributed by atoms with Gasteiger partial charge in [0.2, 0.25) is 11.8 Å². The minimum absolute atomic E-state index is 0.0464. The summed E-state index contributed by atoms with van der Waals surface area (Å²) in [6.07, 6.45) is 1.76. The predicted molar refractivity (Wildman–Crippen MR) is 64.6 cm³/mol. The van der Waals surface area contributed by atoms with E-state index in [1.165, 1.54) is 9.31 Å². The fourth-order valence-corrected chi connectivity index (χ4v) is 1.54. The van der Waals surface area contributed by atoms with Crippen molar-refractivity contribution in [2.24, 2.45) is 5.73 Å². The lowest BCUT2D eigenvalue weighted by Gasteiger charge is -2.12. The normalized spacial score (nSPS) is 9.73. The predicted octanol–water partition coefficient (Wildman–Crippen LogP) is 1.27. The number of amides is 2. The number of carbonyl (C=O) groups excluding carboxylic acids is 2. The number of hydrogen-bond donors (Lipinski definition) is 1. The number of pyridine rings is 1. The van der Waals surface area contributed by atoms with Gasteiger partial charge in [-0.25, -0.2) is 8.10 Å². The van der Waals surface area contributed by atoms with Gasteiger partial charge >= 0.3 is 0 Å². The van der Waals surface area contributed by atoms with Crippen LogP contribution in [0.25, 0.3) is 0 Å². The topological polar surface area (TPSA) is 76.3 Å². The Morgan fingerprint density at radius 1 is 1.53 bits per heavy atom. The van der Waals surface area contributed by atoms with E-state index in [0.29, 0.717) is 17.8 Å². The molecule has 0 spiro atoms. The number of nitrogens with zero attached hydrogens (tertiary/aromatic N) is 2. The van der Waals surface area contributed by atoms with Gasteiger partial charge in [-0.1, -0.05) is 6.92 Å². The average Bonchev–Trinajstić information content (AvgIpc) is 2.27. The Kier molecular flexibility index (Phi) is 4.01. The second-order valence-corrected chi connectivity index (χ2v) is 3.76. The number of carbonyl (C=O) groups is 2. The molecule has 80 valence electrons. The third-order valence-corrected chi connectivity index (χ3v) is 2.79. The van der Waals surface area contributed by atoms with Gasteiger partial charge < -0.3 is 5.73 Å². The lowest BCUT2D eigenvalue weighted by molar-refractivity contribution is -0.116. The van der Waals surface area contributed by atoms with Crippen LogP contribution < -0.4 is 8.85 Å². The third kappa shape index (κ3) is 2.88. The highest BCUT2D eigenvalue weighted by Crippen LogP contribution is 2.16. The van der Waals surface area contributed by atoms with E-state index in [4.69, 9.17) is 5.73 Å². The Bertz CT molecular complexity index is 377. The molecule has 0 radical (unpaired) electrons. The zero-order chi connectivity index (χ0) is 11.4. The number of hydrogen-bond acceptors (Lipinski definition) is 3. The summed E-state index contributed by atoms with van der Waals surface area (Å²) in [5, 5.41) is 0. The maximum atomic E-state index is 11.3. The van der Waals surface area contributed by atoms with Gasteiger partial charge in [0, 0.05) is 12.6 Å². The van der Waals surface area contributed by atoms with Crippen LogP contribution in [0.3, 0.4) is 0 Å². The Morgan fingerprint density at radius 2 is 2.20 bits per heavy atom. The van der Waals surface area contributed by atoms with E-state index in [-0.39, 0.29) is 5.91 Å². The minimum atomic E-state index is -0.532. The average molecular weight is 319 g/mol. The Labute approximate surface area is 101 Å².